The molecule has 1 heterocycles. The lowest BCUT2D eigenvalue weighted by Gasteiger charge is -2.58. The second-order valence-corrected chi connectivity index (χ2v) is 13.6. The summed E-state index contributed by atoms with van der Waals surface area (Å²) in [4.78, 5) is 14.0. The van der Waals surface area contributed by atoms with Gasteiger partial charge in [-0.15, -0.1) is 0 Å². The average molecular weight is 464 g/mol. The van der Waals surface area contributed by atoms with Crippen molar-refractivity contribution in [1.29, 1.82) is 5.26 Å². The Morgan fingerprint density at radius 3 is 2.59 bits per heavy atom. The summed E-state index contributed by atoms with van der Waals surface area (Å²) in [5.41, 5.74) is 1.09. The maximum atomic E-state index is 14.0. The van der Waals surface area contributed by atoms with E-state index in [2.05, 4.69) is 31.9 Å². The number of ketones is 1. The van der Waals surface area contributed by atoms with Gasteiger partial charge in [-0.25, -0.2) is 0 Å². The lowest BCUT2D eigenvalue weighted by molar-refractivity contribution is -0.139. The number of hydrogen-bond donors (Lipinski definition) is 1. The number of fused-ring (bicyclic) bond motifs is 7. The smallest absolute Gasteiger partial charge is 0.158 e. The van der Waals surface area contributed by atoms with Gasteiger partial charge in [0.1, 0.15) is 12.6 Å². The predicted molar refractivity (Wildman–Crippen MR) is 129 cm³/mol. The van der Waals surface area contributed by atoms with Crippen LogP contribution in [0.2, 0.25) is 0 Å². The topological polar surface area (TPSA) is 78.9 Å². The van der Waals surface area contributed by atoms with E-state index >= 15 is 0 Å². The number of Topliss-reactive ketones (excluding diaryl/α,β-unsaturated/α-hetero) is 1. The van der Waals surface area contributed by atoms with E-state index in [0.29, 0.717) is 41.6 Å². The summed E-state index contributed by atoms with van der Waals surface area (Å²) in [5.74, 6) is 5.33. The largest absolute Gasteiger partial charge is 0.390 e. The van der Waals surface area contributed by atoms with Gasteiger partial charge in [0.05, 0.1) is 23.1 Å². The van der Waals surface area contributed by atoms with Crippen LogP contribution in [0.25, 0.3) is 0 Å². The van der Waals surface area contributed by atoms with Crippen molar-refractivity contribution in [2.75, 3.05) is 0 Å². The molecule has 184 valence electrons. The molecule has 5 nitrogen and oxygen atoms in total. The second-order valence-electron chi connectivity index (χ2n) is 13.6. The van der Waals surface area contributed by atoms with Crippen LogP contribution in [0, 0.1) is 76.4 Å². The zero-order valence-corrected chi connectivity index (χ0v) is 21.6. The number of carbonyl (C=O) groups excluding carboxylic acids is 1. The van der Waals surface area contributed by atoms with Crippen molar-refractivity contribution < 1.29 is 9.90 Å². The van der Waals surface area contributed by atoms with E-state index in [9.17, 15) is 15.2 Å². The van der Waals surface area contributed by atoms with Gasteiger partial charge in [-0.2, -0.15) is 10.4 Å². The normalized spacial score (nSPS) is 51.0. The number of carbonyl (C=O) groups is 1. The number of nitriles is 1. The molecule has 1 aromatic heterocycles. The lowest BCUT2D eigenvalue weighted by Crippen LogP contribution is -2.53. The van der Waals surface area contributed by atoms with Gasteiger partial charge >= 0.3 is 0 Å². The molecule has 0 bridgehead atoms. The summed E-state index contributed by atoms with van der Waals surface area (Å²) in [5, 5.41) is 24.4. The van der Waals surface area contributed by atoms with E-state index < -0.39 is 5.60 Å². The predicted octanol–water partition coefficient (Wildman–Crippen LogP) is 5.14. The van der Waals surface area contributed by atoms with Crippen molar-refractivity contribution in [3.63, 3.8) is 0 Å². The second kappa shape index (κ2) is 7.19. The van der Waals surface area contributed by atoms with Gasteiger partial charge in [0.15, 0.2) is 5.78 Å². The third kappa shape index (κ3) is 2.87. The van der Waals surface area contributed by atoms with Gasteiger partial charge in [0.2, 0.25) is 0 Å². The van der Waals surface area contributed by atoms with Gasteiger partial charge in [-0.1, -0.05) is 20.8 Å². The molecule has 11 atom stereocenters. The zero-order valence-electron chi connectivity index (χ0n) is 21.6. The quantitative estimate of drug-likeness (QED) is 0.673. The Bertz CT molecular complexity index is 1070. The highest BCUT2D eigenvalue weighted by molar-refractivity contribution is 5.84. The van der Waals surface area contributed by atoms with Gasteiger partial charge in [-0.05, 0) is 111 Å². The van der Waals surface area contributed by atoms with Crippen LogP contribution in [0.1, 0.15) is 83.9 Å². The van der Waals surface area contributed by atoms with Crippen molar-refractivity contribution >= 4 is 5.78 Å². The van der Waals surface area contributed by atoms with Crippen LogP contribution in [-0.2, 0) is 11.3 Å². The summed E-state index contributed by atoms with van der Waals surface area (Å²) in [6, 6.07) is 2.19. The Kier molecular flexibility index (Phi) is 4.81. The van der Waals surface area contributed by atoms with Crippen LogP contribution in [0.5, 0.6) is 0 Å². The van der Waals surface area contributed by atoms with Gasteiger partial charge in [0.25, 0.3) is 0 Å². The Hall–Kier alpha value is -1.67. The van der Waals surface area contributed by atoms with Crippen molar-refractivity contribution in [3.05, 3.63) is 17.5 Å². The molecule has 5 aliphatic rings. The van der Waals surface area contributed by atoms with Crippen molar-refractivity contribution in [2.45, 2.75) is 91.7 Å². The molecule has 0 aliphatic heterocycles. The molecular weight excluding hydrogens is 422 g/mol. The molecule has 5 aliphatic carbocycles. The van der Waals surface area contributed by atoms with E-state index in [0.717, 1.165) is 42.7 Å². The summed E-state index contributed by atoms with van der Waals surface area (Å²) >= 11 is 0. The maximum Gasteiger partial charge on any atom is 0.158 e. The summed E-state index contributed by atoms with van der Waals surface area (Å²) in [6.45, 7) is 11.5. The molecule has 0 saturated heterocycles. The van der Waals surface area contributed by atoms with Crippen LogP contribution in [0.4, 0.5) is 0 Å². The monoisotopic (exact) mass is 463 g/mol. The molecule has 0 aromatic carbocycles. The summed E-state index contributed by atoms with van der Waals surface area (Å²) < 4.78 is 1.76. The SMILES string of the molecule is Cc1c(C#N)cnn1CC(=O)[C@H]1C2(C)[C@H]([C@H]3[C@@H]4CC[C@@H]5C[C@](C)(O)CC[C@@H]5[C@H]4CC[C@@]31C)[C@@H]2C. The van der Waals surface area contributed by atoms with E-state index in [1.165, 1.54) is 25.7 Å². The highest BCUT2D eigenvalue weighted by atomic mass is 16.3. The molecule has 5 fully saturated rings. The zero-order chi connectivity index (χ0) is 24.2. The number of hydrogen-bond acceptors (Lipinski definition) is 4. The van der Waals surface area contributed by atoms with Crippen molar-refractivity contribution in [1.82, 2.24) is 9.78 Å². The molecule has 34 heavy (non-hydrogen) atoms. The van der Waals surface area contributed by atoms with Crippen molar-refractivity contribution in [3.8, 4) is 6.07 Å². The molecule has 6 rings (SSSR count). The van der Waals surface area contributed by atoms with E-state index in [1.807, 2.05) is 13.8 Å². The summed E-state index contributed by atoms with van der Waals surface area (Å²) in [6.07, 6.45) is 9.66. The Morgan fingerprint density at radius 2 is 1.88 bits per heavy atom. The molecule has 5 heteroatoms. The Morgan fingerprint density at radius 1 is 1.15 bits per heavy atom. The first-order chi connectivity index (χ1) is 16.0. The lowest BCUT2D eigenvalue weighted by atomic mass is 9.47. The highest BCUT2D eigenvalue weighted by Gasteiger charge is 2.80. The Balaban J connectivity index is 1.29. The molecule has 0 spiro atoms. The molecule has 5 saturated carbocycles. The third-order valence-corrected chi connectivity index (χ3v) is 12.2. The van der Waals surface area contributed by atoms with Crippen LogP contribution in [0.15, 0.2) is 6.20 Å². The molecule has 1 N–H and O–H groups in total. The maximum absolute atomic E-state index is 14.0. The molecular formula is C29H41N3O2. The van der Waals surface area contributed by atoms with Crippen LogP contribution in [0.3, 0.4) is 0 Å². The van der Waals surface area contributed by atoms with Crippen molar-refractivity contribution in [2.24, 2.45) is 58.2 Å². The summed E-state index contributed by atoms with van der Waals surface area (Å²) in [7, 11) is 0. The first kappa shape index (κ1) is 22.8. The van der Waals surface area contributed by atoms with E-state index in [-0.39, 0.29) is 16.7 Å². The van der Waals surface area contributed by atoms with Crippen LogP contribution >= 0.6 is 0 Å². The fourth-order valence-electron chi connectivity index (χ4n) is 10.7. The number of aromatic nitrogens is 2. The minimum atomic E-state index is -0.471. The Labute approximate surface area is 204 Å². The van der Waals surface area contributed by atoms with E-state index in [1.54, 1.807) is 10.9 Å². The average Bonchev–Trinajstić information content (AvgIpc) is 3.03. The highest BCUT2D eigenvalue weighted by Crippen LogP contribution is 2.82. The first-order valence-corrected chi connectivity index (χ1v) is 13.7. The fraction of sp³-hybridized carbons (Fsp3) is 0.828. The van der Waals surface area contributed by atoms with Crippen LogP contribution in [-0.4, -0.2) is 26.3 Å². The minimum Gasteiger partial charge on any atom is -0.390 e. The standard InChI is InChI=1S/C29H41N3O2/c1-16-24-25-22-7-6-18-12-27(3,34)10-8-20(18)21(22)9-11-28(25,4)26(29(16,24)5)23(33)15-32-17(2)19(13-30)14-31-32/h14,16,18,20-22,24-26,34H,6-12,15H2,1-5H3/t16-,18+,20-,21+,22+,24-,25+,26+,27+,28-,29?/m0/s1. The van der Waals surface area contributed by atoms with Gasteiger partial charge in [-0.3, -0.25) is 9.48 Å². The number of nitrogens with zero attached hydrogens (tertiary/aromatic N) is 3. The molecule has 1 aromatic rings. The first-order valence-electron chi connectivity index (χ1n) is 13.7. The molecule has 1 unspecified atom stereocenters. The fourth-order valence-corrected chi connectivity index (χ4v) is 10.7. The molecule has 0 radical (unpaired) electrons. The third-order valence-electron chi connectivity index (χ3n) is 12.2. The van der Waals surface area contributed by atoms with Gasteiger partial charge < -0.3 is 5.11 Å². The number of aliphatic hydroxyl groups is 1. The van der Waals surface area contributed by atoms with E-state index in [4.69, 9.17) is 0 Å². The van der Waals surface area contributed by atoms with Gasteiger partial charge in [0, 0.05) is 5.92 Å². The molecule has 0 amide bonds. The number of rotatable bonds is 3. The minimum absolute atomic E-state index is 0.0797. The van der Waals surface area contributed by atoms with Crippen LogP contribution < -0.4 is 0 Å².